The third-order valence-electron chi connectivity index (χ3n) is 4.87. The summed E-state index contributed by atoms with van der Waals surface area (Å²) in [6.45, 7) is 0.860. The normalized spacial score (nSPS) is 25.0. The Hall–Kier alpha value is -1.31. The molecule has 0 aromatic heterocycles. The second-order valence-corrected chi connectivity index (χ2v) is 6.08. The lowest BCUT2D eigenvalue weighted by molar-refractivity contribution is -0.132. The topological polar surface area (TPSA) is 20.3 Å². The molecule has 1 heterocycles. The van der Waals surface area contributed by atoms with Gasteiger partial charge in [0.25, 0.3) is 0 Å². The quantitative estimate of drug-likeness (QED) is 0.755. The lowest BCUT2D eigenvalue weighted by Crippen LogP contribution is -2.34. The number of fused-ring (bicyclic) bond motifs is 1. The fraction of sp³-hybridized carbons (Fsp3) is 0.588. The monoisotopic (exact) mass is 257 g/mol. The average Bonchev–Trinajstić information content (AvgIpc) is 2.58. The molecule has 1 atom stereocenters. The van der Waals surface area contributed by atoms with E-state index in [0.717, 1.165) is 13.0 Å². The molecular weight excluding hydrogens is 234 g/mol. The molecule has 1 aromatic rings. The first-order valence-corrected chi connectivity index (χ1v) is 7.60. The molecule has 0 saturated heterocycles. The highest BCUT2D eigenvalue weighted by molar-refractivity contribution is 5.85. The molecule has 0 bridgehead atoms. The molecule has 0 spiro atoms. The lowest BCUT2D eigenvalue weighted by Gasteiger charge is -2.31. The summed E-state index contributed by atoms with van der Waals surface area (Å²) in [6, 6.07) is 8.59. The summed E-state index contributed by atoms with van der Waals surface area (Å²) in [5.74, 6) is 1.02. The molecule has 2 aliphatic rings. The highest BCUT2D eigenvalue weighted by atomic mass is 16.2. The number of amides is 1. The standard InChI is InChI=1S/C17H23NO/c1-18-12-11-13-7-5-6-10-15(13)16(17(18)19)14-8-3-2-4-9-14/h5-7,10,14,16H,2-4,8-9,11-12H2,1H3. The molecule has 1 amide bonds. The summed E-state index contributed by atoms with van der Waals surface area (Å²) in [6.07, 6.45) is 7.37. The minimum absolute atomic E-state index is 0.115. The van der Waals surface area contributed by atoms with Crippen molar-refractivity contribution in [3.8, 4) is 0 Å². The zero-order valence-electron chi connectivity index (χ0n) is 11.8. The van der Waals surface area contributed by atoms with Crippen LogP contribution in [0.1, 0.15) is 49.1 Å². The Morgan fingerprint density at radius 1 is 1.11 bits per heavy atom. The van der Waals surface area contributed by atoms with E-state index in [4.69, 9.17) is 0 Å². The smallest absolute Gasteiger partial charge is 0.230 e. The molecule has 1 aliphatic carbocycles. The van der Waals surface area contributed by atoms with E-state index in [0.29, 0.717) is 11.8 Å². The largest absolute Gasteiger partial charge is 0.345 e. The Labute approximate surface area is 115 Å². The van der Waals surface area contributed by atoms with Gasteiger partial charge < -0.3 is 4.90 Å². The van der Waals surface area contributed by atoms with E-state index in [-0.39, 0.29) is 5.92 Å². The van der Waals surface area contributed by atoms with E-state index in [1.54, 1.807) is 0 Å². The number of hydrogen-bond donors (Lipinski definition) is 0. The maximum Gasteiger partial charge on any atom is 0.230 e. The predicted molar refractivity (Wildman–Crippen MR) is 77.1 cm³/mol. The summed E-state index contributed by atoms with van der Waals surface area (Å²) < 4.78 is 0. The molecule has 1 fully saturated rings. The number of carbonyl (C=O) groups excluding carboxylic acids is 1. The van der Waals surface area contributed by atoms with E-state index in [9.17, 15) is 4.79 Å². The summed E-state index contributed by atoms with van der Waals surface area (Å²) in [7, 11) is 1.96. The lowest BCUT2D eigenvalue weighted by atomic mass is 9.75. The van der Waals surface area contributed by atoms with Gasteiger partial charge >= 0.3 is 0 Å². The molecule has 0 N–H and O–H groups in total. The van der Waals surface area contributed by atoms with Gasteiger partial charge in [0.2, 0.25) is 5.91 Å². The minimum atomic E-state index is 0.115. The van der Waals surface area contributed by atoms with Gasteiger partial charge in [0.1, 0.15) is 0 Å². The van der Waals surface area contributed by atoms with Crippen LogP contribution in [0.2, 0.25) is 0 Å². The van der Waals surface area contributed by atoms with E-state index in [1.807, 2.05) is 11.9 Å². The van der Waals surface area contributed by atoms with Crippen molar-refractivity contribution in [1.29, 1.82) is 0 Å². The number of hydrogen-bond acceptors (Lipinski definition) is 1. The Bertz CT molecular complexity index is 462. The number of benzene rings is 1. The van der Waals surface area contributed by atoms with Crippen molar-refractivity contribution in [3.05, 3.63) is 35.4 Å². The van der Waals surface area contributed by atoms with Gasteiger partial charge in [-0.1, -0.05) is 43.5 Å². The van der Waals surface area contributed by atoms with Gasteiger partial charge in [0.05, 0.1) is 5.92 Å². The van der Waals surface area contributed by atoms with Crippen molar-refractivity contribution in [2.75, 3.05) is 13.6 Å². The second kappa shape index (κ2) is 5.36. The van der Waals surface area contributed by atoms with Gasteiger partial charge in [0.15, 0.2) is 0 Å². The first kappa shape index (κ1) is 12.7. The van der Waals surface area contributed by atoms with Crippen LogP contribution in [0, 0.1) is 5.92 Å². The first-order chi connectivity index (χ1) is 9.27. The van der Waals surface area contributed by atoms with Gasteiger partial charge in [0, 0.05) is 13.6 Å². The van der Waals surface area contributed by atoms with E-state index in [1.165, 1.54) is 43.2 Å². The van der Waals surface area contributed by atoms with Crippen LogP contribution in [0.4, 0.5) is 0 Å². The number of nitrogens with zero attached hydrogens (tertiary/aromatic N) is 1. The van der Waals surface area contributed by atoms with Crippen molar-refractivity contribution in [2.45, 2.75) is 44.4 Å². The van der Waals surface area contributed by atoms with Crippen molar-refractivity contribution in [3.63, 3.8) is 0 Å². The maximum atomic E-state index is 12.7. The maximum absolute atomic E-state index is 12.7. The molecule has 3 rings (SSSR count). The number of rotatable bonds is 1. The number of carbonyl (C=O) groups is 1. The molecule has 19 heavy (non-hydrogen) atoms. The molecule has 102 valence electrons. The molecule has 1 aliphatic heterocycles. The highest BCUT2D eigenvalue weighted by Crippen LogP contribution is 2.39. The fourth-order valence-corrected chi connectivity index (χ4v) is 3.76. The SMILES string of the molecule is CN1CCc2ccccc2C(C2CCCCC2)C1=O. The first-order valence-electron chi connectivity index (χ1n) is 7.60. The van der Waals surface area contributed by atoms with Crippen LogP contribution in [-0.4, -0.2) is 24.4 Å². The molecular formula is C17H23NO. The van der Waals surface area contributed by atoms with Gasteiger partial charge in [-0.25, -0.2) is 0 Å². The highest BCUT2D eigenvalue weighted by Gasteiger charge is 2.35. The van der Waals surface area contributed by atoms with Crippen molar-refractivity contribution >= 4 is 5.91 Å². The van der Waals surface area contributed by atoms with Crippen LogP contribution in [0.25, 0.3) is 0 Å². The van der Waals surface area contributed by atoms with Gasteiger partial charge in [-0.05, 0) is 36.3 Å². The zero-order chi connectivity index (χ0) is 13.2. The van der Waals surface area contributed by atoms with E-state index < -0.39 is 0 Å². The molecule has 1 unspecified atom stereocenters. The Morgan fingerprint density at radius 2 is 1.84 bits per heavy atom. The third kappa shape index (κ3) is 2.41. The zero-order valence-corrected chi connectivity index (χ0v) is 11.8. The van der Waals surface area contributed by atoms with Gasteiger partial charge in [-0.15, -0.1) is 0 Å². The average molecular weight is 257 g/mol. The molecule has 2 heteroatoms. The van der Waals surface area contributed by atoms with Crippen LogP contribution in [0.5, 0.6) is 0 Å². The molecule has 0 radical (unpaired) electrons. The minimum Gasteiger partial charge on any atom is -0.345 e. The van der Waals surface area contributed by atoms with Crippen LogP contribution >= 0.6 is 0 Å². The van der Waals surface area contributed by atoms with Crippen LogP contribution < -0.4 is 0 Å². The predicted octanol–water partition coefficient (Wildman–Crippen LogP) is 3.37. The summed E-state index contributed by atoms with van der Waals surface area (Å²) in [5, 5.41) is 0. The molecule has 1 aromatic carbocycles. The van der Waals surface area contributed by atoms with E-state index in [2.05, 4.69) is 24.3 Å². The van der Waals surface area contributed by atoms with Crippen LogP contribution in [0.15, 0.2) is 24.3 Å². The Balaban J connectivity index is 1.99. The fourth-order valence-electron chi connectivity index (χ4n) is 3.76. The van der Waals surface area contributed by atoms with Crippen LogP contribution in [0.3, 0.4) is 0 Å². The summed E-state index contributed by atoms with van der Waals surface area (Å²) >= 11 is 0. The van der Waals surface area contributed by atoms with Crippen molar-refractivity contribution in [1.82, 2.24) is 4.90 Å². The number of likely N-dealkylation sites (N-methyl/N-ethyl adjacent to an activating group) is 1. The van der Waals surface area contributed by atoms with Gasteiger partial charge in [-0.2, -0.15) is 0 Å². The summed E-state index contributed by atoms with van der Waals surface area (Å²) in [4.78, 5) is 14.7. The Morgan fingerprint density at radius 3 is 2.63 bits per heavy atom. The van der Waals surface area contributed by atoms with E-state index >= 15 is 0 Å². The molecule has 1 saturated carbocycles. The van der Waals surface area contributed by atoms with Crippen LogP contribution in [-0.2, 0) is 11.2 Å². The Kier molecular flexibility index (Phi) is 3.58. The van der Waals surface area contributed by atoms with Crippen molar-refractivity contribution < 1.29 is 4.79 Å². The molecule has 2 nitrogen and oxygen atoms in total. The third-order valence-corrected chi connectivity index (χ3v) is 4.87. The van der Waals surface area contributed by atoms with Crippen molar-refractivity contribution in [2.24, 2.45) is 5.92 Å². The summed E-state index contributed by atoms with van der Waals surface area (Å²) in [5.41, 5.74) is 2.69. The second-order valence-electron chi connectivity index (χ2n) is 6.08. The van der Waals surface area contributed by atoms with Gasteiger partial charge in [-0.3, -0.25) is 4.79 Å².